The monoisotopic (exact) mass is 483 g/mol. The molecule has 2 aliphatic heterocycles. The molecule has 12 heteroatoms. The van der Waals surface area contributed by atoms with Crippen molar-refractivity contribution in [2.75, 3.05) is 42.8 Å². The fourth-order valence-corrected chi connectivity index (χ4v) is 4.26. The lowest BCUT2D eigenvalue weighted by molar-refractivity contribution is -0.125. The van der Waals surface area contributed by atoms with E-state index in [-0.39, 0.29) is 25.5 Å². The summed E-state index contributed by atoms with van der Waals surface area (Å²) >= 11 is 0. The van der Waals surface area contributed by atoms with E-state index in [0.717, 1.165) is 6.26 Å². The van der Waals surface area contributed by atoms with Gasteiger partial charge in [-0.2, -0.15) is 8.42 Å². The number of rotatable bonds is 5. The van der Waals surface area contributed by atoms with Gasteiger partial charge in [0.05, 0.1) is 25.5 Å². The van der Waals surface area contributed by atoms with Crippen molar-refractivity contribution in [1.29, 1.82) is 0 Å². The molecule has 0 aliphatic carbocycles. The van der Waals surface area contributed by atoms with Gasteiger partial charge in [-0.3, -0.25) is 18.7 Å². The molecule has 33 heavy (non-hydrogen) atoms. The highest BCUT2D eigenvalue weighted by Crippen LogP contribution is 2.26. The third-order valence-corrected chi connectivity index (χ3v) is 5.56. The number of anilines is 2. The minimum absolute atomic E-state index is 0.00148. The van der Waals surface area contributed by atoms with Crippen LogP contribution in [-0.4, -0.2) is 81.5 Å². The summed E-state index contributed by atoms with van der Waals surface area (Å²) in [5.74, 6) is -0.649. The molecular weight excluding hydrogens is 454 g/mol. The summed E-state index contributed by atoms with van der Waals surface area (Å²) in [6.45, 7) is 5.90. The quantitative estimate of drug-likeness (QED) is 0.621. The smallest absolute Gasteiger partial charge is 0.411 e. The van der Waals surface area contributed by atoms with Crippen LogP contribution in [-0.2, 0) is 33.4 Å². The maximum absolute atomic E-state index is 13.0. The normalized spacial score (nSPS) is 21.8. The zero-order valence-corrected chi connectivity index (χ0v) is 19.9. The first-order chi connectivity index (χ1) is 15.3. The van der Waals surface area contributed by atoms with Crippen LogP contribution in [0, 0.1) is 0 Å². The van der Waals surface area contributed by atoms with Crippen molar-refractivity contribution in [3.05, 3.63) is 24.3 Å². The Morgan fingerprint density at radius 1 is 1.18 bits per heavy atom. The maximum Gasteiger partial charge on any atom is 0.411 e. The van der Waals surface area contributed by atoms with Gasteiger partial charge in [0.15, 0.2) is 0 Å². The molecule has 2 atom stereocenters. The average Bonchev–Trinajstić information content (AvgIpc) is 3.10. The molecule has 0 spiro atoms. The van der Waals surface area contributed by atoms with Crippen LogP contribution in [0.5, 0.6) is 0 Å². The molecule has 182 valence electrons. The summed E-state index contributed by atoms with van der Waals surface area (Å²) in [5.41, 5.74) is 0.348. The molecule has 0 radical (unpaired) electrons. The van der Waals surface area contributed by atoms with Crippen molar-refractivity contribution in [3.63, 3.8) is 0 Å². The van der Waals surface area contributed by atoms with Crippen LogP contribution < -0.4 is 10.2 Å². The minimum atomic E-state index is -3.77. The molecule has 1 N–H and O–H groups in total. The van der Waals surface area contributed by atoms with E-state index in [2.05, 4.69) is 5.32 Å². The van der Waals surface area contributed by atoms with Crippen LogP contribution in [0.2, 0.25) is 0 Å². The summed E-state index contributed by atoms with van der Waals surface area (Å²) < 4.78 is 38.6. The lowest BCUT2D eigenvalue weighted by Crippen LogP contribution is -2.45. The number of likely N-dealkylation sites (tertiary alicyclic amines) is 1. The van der Waals surface area contributed by atoms with Crippen molar-refractivity contribution < 1.29 is 36.5 Å². The molecule has 0 unspecified atom stereocenters. The van der Waals surface area contributed by atoms with Crippen molar-refractivity contribution in [1.82, 2.24) is 4.90 Å². The van der Waals surface area contributed by atoms with Gasteiger partial charge in [-0.25, -0.2) is 4.79 Å². The Bertz CT molecular complexity index is 1000. The van der Waals surface area contributed by atoms with Crippen LogP contribution in [0.3, 0.4) is 0 Å². The SMILES string of the molecule is CC(C)(C)OC(=O)N1C[C@H](OS(C)(=O)=O)C[C@@H]1C(=O)Nc1ccc(N2CCOCC2=O)cc1. The number of amides is 3. The number of benzene rings is 1. The predicted molar refractivity (Wildman–Crippen MR) is 119 cm³/mol. The van der Waals surface area contributed by atoms with Gasteiger partial charge in [-0.15, -0.1) is 0 Å². The molecule has 2 fully saturated rings. The number of ether oxygens (including phenoxy) is 2. The van der Waals surface area contributed by atoms with E-state index >= 15 is 0 Å². The fourth-order valence-electron chi connectivity index (χ4n) is 3.63. The molecule has 1 aromatic carbocycles. The zero-order chi connectivity index (χ0) is 24.4. The predicted octanol–water partition coefficient (Wildman–Crippen LogP) is 1.34. The second kappa shape index (κ2) is 9.65. The van der Waals surface area contributed by atoms with Crippen LogP contribution in [0.4, 0.5) is 16.2 Å². The Morgan fingerprint density at radius 3 is 2.42 bits per heavy atom. The highest BCUT2D eigenvalue weighted by atomic mass is 32.2. The number of morpholine rings is 1. The molecule has 3 rings (SSSR count). The number of nitrogens with one attached hydrogen (secondary N) is 1. The second-order valence-corrected chi connectivity index (χ2v) is 10.5. The van der Waals surface area contributed by atoms with Crippen LogP contribution in [0.15, 0.2) is 24.3 Å². The molecule has 0 saturated carbocycles. The van der Waals surface area contributed by atoms with Gasteiger partial charge >= 0.3 is 6.09 Å². The van der Waals surface area contributed by atoms with Gasteiger partial charge in [0.1, 0.15) is 18.2 Å². The topological polar surface area (TPSA) is 132 Å². The van der Waals surface area contributed by atoms with E-state index in [4.69, 9.17) is 13.7 Å². The number of hydrogen-bond acceptors (Lipinski definition) is 8. The standard InChI is InChI=1S/C21H29N3O8S/c1-21(2,3)31-20(27)24-12-16(32-33(4,28)29)11-17(24)19(26)22-14-5-7-15(8-6-14)23-9-10-30-13-18(23)25/h5-8,16-17H,9-13H2,1-4H3,(H,22,26)/t16-,17-/m1/s1. The van der Waals surface area contributed by atoms with Crippen molar-refractivity contribution >= 4 is 39.4 Å². The van der Waals surface area contributed by atoms with Gasteiger partial charge in [0.2, 0.25) is 5.91 Å². The Kier molecular flexibility index (Phi) is 7.29. The van der Waals surface area contributed by atoms with E-state index in [1.165, 1.54) is 4.90 Å². The third-order valence-electron chi connectivity index (χ3n) is 4.94. The first kappa shape index (κ1) is 24.9. The summed E-state index contributed by atoms with van der Waals surface area (Å²) in [6, 6.07) is 5.72. The lowest BCUT2D eigenvalue weighted by Gasteiger charge is -2.28. The van der Waals surface area contributed by atoms with Gasteiger partial charge in [0, 0.05) is 24.3 Å². The molecule has 2 heterocycles. The Labute approximate surface area is 193 Å². The summed E-state index contributed by atoms with van der Waals surface area (Å²) in [6.07, 6.45) is -0.682. The summed E-state index contributed by atoms with van der Waals surface area (Å²) in [5, 5.41) is 2.73. The first-order valence-corrected chi connectivity index (χ1v) is 12.3. The minimum Gasteiger partial charge on any atom is -0.444 e. The molecule has 11 nitrogen and oxygen atoms in total. The maximum atomic E-state index is 13.0. The molecule has 2 aliphatic rings. The fraction of sp³-hybridized carbons (Fsp3) is 0.571. The number of hydrogen-bond donors (Lipinski definition) is 1. The average molecular weight is 484 g/mol. The molecule has 1 aromatic rings. The highest BCUT2D eigenvalue weighted by molar-refractivity contribution is 7.86. The van der Waals surface area contributed by atoms with E-state index < -0.39 is 39.9 Å². The molecule has 3 amide bonds. The Morgan fingerprint density at radius 2 is 1.85 bits per heavy atom. The van der Waals surface area contributed by atoms with Crippen molar-refractivity contribution in [3.8, 4) is 0 Å². The van der Waals surface area contributed by atoms with E-state index in [0.29, 0.717) is 24.5 Å². The lowest BCUT2D eigenvalue weighted by atomic mass is 10.1. The molecule has 0 aromatic heterocycles. The van der Waals surface area contributed by atoms with Gasteiger partial charge in [-0.1, -0.05) is 0 Å². The zero-order valence-electron chi connectivity index (χ0n) is 19.1. The van der Waals surface area contributed by atoms with Gasteiger partial charge < -0.3 is 19.7 Å². The molecule has 2 saturated heterocycles. The Balaban J connectivity index is 1.72. The van der Waals surface area contributed by atoms with Crippen molar-refractivity contribution in [2.24, 2.45) is 0 Å². The Hall–Kier alpha value is -2.70. The molecule has 0 bridgehead atoms. The number of carbonyl (C=O) groups is 3. The number of nitrogens with zero attached hydrogens (tertiary/aromatic N) is 2. The van der Waals surface area contributed by atoms with Gasteiger partial charge in [0.25, 0.3) is 16.0 Å². The van der Waals surface area contributed by atoms with Crippen LogP contribution in [0.1, 0.15) is 27.2 Å². The van der Waals surface area contributed by atoms with Crippen LogP contribution >= 0.6 is 0 Å². The third kappa shape index (κ3) is 6.89. The summed E-state index contributed by atoms with van der Waals surface area (Å²) in [7, 11) is -3.77. The molecular formula is C21H29N3O8S. The summed E-state index contributed by atoms with van der Waals surface area (Å²) in [4.78, 5) is 40.4. The largest absolute Gasteiger partial charge is 0.444 e. The first-order valence-electron chi connectivity index (χ1n) is 10.5. The van der Waals surface area contributed by atoms with E-state index in [1.807, 2.05) is 0 Å². The van der Waals surface area contributed by atoms with Crippen LogP contribution in [0.25, 0.3) is 0 Å². The van der Waals surface area contributed by atoms with E-state index in [1.54, 1.807) is 49.9 Å². The second-order valence-electron chi connectivity index (χ2n) is 8.94. The highest BCUT2D eigenvalue weighted by Gasteiger charge is 2.43. The number of carbonyl (C=O) groups excluding carboxylic acids is 3. The van der Waals surface area contributed by atoms with Crippen molar-refractivity contribution in [2.45, 2.75) is 44.9 Å². The van der Waals surface area contributed by atoms with Gasteiger partial charge in [-0.05, 0) is 45.0 Å². The van der Waals surface area contributed by atoms with E-state index in [9.17, 15) is 22.8 Å².